The molecule has 1 rings (SSSR count). The van der Waals surface area contributed by atoms with Crippen molar-refractivity contribution in [2.24, 2.45) is 5.73 Å². The molecule has 0 fully saturated rings. The second-order valence-electron chi connectivity index (χ2n) is 3.45. The number of hydrogen-bond acceptors (Lipinski definition) is 2. The summed E-state index contributed by atoms with van der Waals surface area (Å²) in [6.45, 7) is 0. The molecule has 0 unspecified atom stereocenters. The highest BCUT2D eigenvalue weighted by molar-refractivity contribution is 6.30. The minimum Gasteiger partial charge on any atom is -0.388 e. The van der Waals surface area contributed by atoms with E-state index in [0.717, 1.165) is 0 Å². The molecule has 90 valence electrons. The van der Waals surface area contributed by atoms with Crippen molar-refractivity contribution in [3.05, 3.63) is 34.9 Å². The molecule has 0 heterocycles. The van der Waals surface area contributed by atoms with Crippen LogP contribution in [0.2, 0.25) is 5.02 Å². The summed E-state index contributed by atoms with van der Waals surface area (Å²) in [7, 11) is 0. The van der Waals surface area contributed by atoms with Crippen molar-refractivity contribution in [2.75, 3.05) is 0 Å². The van der Waals surface area contributed by atoms with Gasteiger partial charge in [0.1, 0.15) is 6.04 Å². The summed E-state index contributed by atoms with van der Waals surface area (Å²) in [5, 5.41) is 9.90. The van der Waals surface area contributed by atoms with Crippen LogP contribution < -0.4 is 5.73 Å². The Labute approximate surface area is 95.8 Å². The molecule has 2 atom stereocenters. The van der Waals surface area contributed by atoms with Gasteiger partial charge in [-0.1, -0.05) is 23.7 Å². The summed E-state index contributed by atoms with van der Waals surface area (Å²) in [5.41, 5.74) is 5.24. The van der Waals surface area contributed by atoms with E-state index >= 15 is 0 Å². The van der Waals surface area contributed by atoms with E-state index in [1.807, 2.05) is 0 Å². The van der Waals surface area contributed by atoms with Crippen molar-refractivity contribution in [1.29, 1.82) is 0 Å². The van der Waals surface area contributed by atoms with Crippen LogP contribution in [0.4, 0.5) is 13.2 Å². The van der Waals surface area contributed by atoms with Gasteiger partial charge in [-0.2, -0.15) is 13.2 Å². The van der Waals surface area contributed by atoms with Crippen molar-refractivity contribution in [3.8, 4) is 0 Å². The van der Waals surface area contributed by atoms with Crippen LogP contribution in [0.1, 0.15) is 18.1 Å². The Morgan fingerprint density at radius 1 is 1.38 bits per heavy atom. The molecule has 0 spiro atoms. The molecule has 3 N–H and O–H groups in total. The summed E-state index contributed by atoms with van der Waals surface area (Å²) >= 11 is 5.65. The van der Waals surface area contributed by atoms with Gasteiger partial charge in [0.25, 0.3) is 0 Å². The van der Waals surface area contributed by atoms with E-state index in [9.17, 15) is 18.3 Å². The molecule has 16 heavy (non-hydrogen) atoms. The first-order valence-electron chi connectivity index (χ1n) is 4.56. The third kappa shape index (κ3) is 3.66. The van der Waals surface area contributed by atoms with Crippen molar-refractivity contribution in [2.45, 2.75) is 24.7 Å². The second-order valence-corrected chi connectivity index (χ2v) is 3.89. The predicted octanol–water partition coefficient (Wildman–Crippen LogP) is 2.65. The van der Waals surface area contributed by atoms with Crippen molar-refractivity contribution in [1.82, 2.24) is 0 Å². The molecule has 2 nitrogen and oxygen atoms in total. The fraction of sp³-hybridized carbons (Fsp3) is 0.400. The molecule has 1 aromatic carbocycles. The average molecular weight is 254 g/mol. The van der Waals surface area contributed by atoms with Crippen LogP contribution in [0, 0.1) is 0 Å². The van der Waals surface area contributed by atoms with Crippen molar-refractivity contribution in [3.63, 3.8) is 0 Å². The smallest absolute Gasteiger partial charge is 0.388 e. The van der Waals surface area contributed by atoms with E-state index in [2.05, 4.69) is 0 Å². The van der Waals surface area contributed by atoms with Crippen LogP contribution in [0.25, 0.3) is 0 Å². The van der Waals surface area contributed by atoms with Gasteiger partial charge in [-0.3, -0.25) is 0 Å². The maximum atomic E-state index is 12.1. The van der Waals surface area contributed by atoms with E-state index < -0.39 is 24.7 Å². The number of alkyl halides is 3. The Hall–Kier alpha value is -0.780. The average Bonchev–Trinajstić information content (AvgIpc) is 2.16. The summed E-state index contributed by atoms with van der Waals surface area (Å²) in [6, 6.07) is 4.00. The zero-order chi connectivity index (χ0) is 12.3. The monoisotopic (exact) mass is 253 g/mol. The Balaban J connectivity index is 2.69. The van der Waals surface area contributed by atoms with Crippen LogP contribution in [0.15, 0.2) is 24.3 Å². The van der Waals surface area contributed by atoms with Crippen LogP contribution >= 0.6 is 11.6 Å². The van der Waals surface area contributed by atoms with E-state index in [1.54, 1.807) is 12.1 Å². The summed E-state index contributed by atoms with van der Waals surface area (Å²) in [5.74, 6) is 0. The third-order valence-electron chi connectivity index (χ3n) is 2.13. The zero-order valence-corrected chi connectivity index (χ0v) is 8.96. The lowest BCUT2D eigenvalue weighted by Gasteiger charge is -2.19. The Morgan fingerprint density at radius 2 is 2.00 bits per heavy atom. The standard InChI is InChI=1S/C10H11ClF3NO/c11-7-3-1-2-6(4-7)8(16)5-9(15)10(12,13)14/h1-4,8-9,16H,5,15H2/t8-,9-/m0/s1. The first-order chi connectivity index (χ1) is 7.30. The lowest BCUT2D eigenvalue weighted by Crippen LogP contribution is -2.38. The van der Waals surface area contributed by atoms with Crippen LogP contribution in [-0.4, -0.2) is 17.3 Å². The number of halogens is 4. The SMILES string of the molecule is N[C@@H](C[C@H](O)c1cccc(Cl)c1)C(F)(F)F. The van der Waals surface area contributed by atoms with Gasteiger partial charge in [0.2, 0.25) is 0 Å². The number of rotatable bonds is 3. The van der Waals surface area contributed by atoms with Crippen LogP contribution in [-0.2, 0) is 0 Å². The maximum absolute atomic E-state index is 12.1. The number of nitrogens with two attached hydrogens (primary N) is 1. The molecule has 1 aromatic rings. The topological polar surface area (TPSA) is 46.2 Å². The zero-order valence-electron chi connectivity index (χ0n) is 8.21. The minimum atomic E-state index is -4.50. The molecule has 0 saturated heterocycles. The van der Waals surface area contributed by atoms with Gasteiger partial charge < -0.3 is 10.8 Å². The highest BCUT2D eigenvalue weighted by Crippen LogP contribution is 2.27. The van der Waals surface area contributed by atoms with Crippen LogP contribution in [0.3, 0.4) is 0 Å². The Bertz CT molecular complexity index is 356. The van der Waals surface area contributed by atoms with Gasteiger partial charge in [-0.15, -0.1) is 0 Å². The van der Waals surface area contributed by atoms with E-state index in [-0.39, 0.29) is 0 Å². The minimum absolute atomic E-state index is 0.326. The lowest BCUT2D eigenvalue weighted by molar-refractivity contribution is -0.153. The summed E-state index contributed by atoms with van der Waals surface area (Å²) in [4.78, 5) is 0. The quantitative estimate of drug-likeness (QED) is 0.870. The highest BCUT2D eigenvalue weighted by atomic mass is 35.5. The second kappa shape index (κ2) is 5.03. The van der Waals surface area contributed by atoms with Gasteiger partial charge in [0, 0.05) is 11.4 Å². The van der Waals surface area contributed by atoms with Crippen LogP contribution in [0.5, 0.6) is 0 Å². The first kappa shape index (κ1) is 13.3. The fourth-order valence-corrected chi connectivity index (χ4v) is 1.42. The van der Waals surface area contributed by atoms with Gasteiger partial charge in [-0.25, -0.2) is 0 Å². The lowest BCUT2D eigenvalue weighted by atomic mass is 10.0. The Kier molecular flexibility index (Phi) is 4.18. The molecule has 0 amide bonds. The highest BCUT2D eigenvalue weighted by Gasteiger charge is 2.37. The van der Waals surface area contributed by atoms with E-state index in [4.69, 9.17) is 17.3 Å². The number of aliphatic hydroxyl groups excluding tert-OH is 1. The van der Waals surface area contributed by atoms with Gasteiger partial charge >= 0.3 is 6.18 Å². The predicted molar refractivity (Wildman–Crippen MR) is 55.1 cm³/mol. The fourth-order valence-electron chi connectivity index (χ4n) is 1.22. The maximum Gasteiger partial charge on any atom is 0.403 e. The molecule has 0 bridgehead atoms. The molecular formula is C10H11ClF3NO. The molecule has 0 saturated carbocycles. The van der Waals surface area contributed by atoms with Crippen molar-refractivity contribution < 1.29 is 18.3 Å². The summed E-state index contributed by atoms with van der Waals surface area (Å²) < 4.78 is 36.4. The number of benzene rings is 1. The van der Waals surface area contributed by atoms with Gasteiger partial charge in [0.05, 0.1) is 6.10 Å². The third-order valence-corrected chi connectivity index (χ3v) is 2.37. The molecule has 0 radical (unpaired) electrons. The number of hydrogen-bond donors (Lipinski definition) is 2. The molecule has 0 aliphatic rings. The molecule has 0 aromatic heterocycles. The summed E-state index contributed by atoms with van der Waals surface area (Å²) in [6.07, 6.45) is -6.35. The van der Waals surface area contributed by atoms with E-state index in [0.29, 0.717) is 10.6 Å². The molecule has 0 aliphatic carbocycles. The molecule has 0 aliphatic heterocycles. The van der Waals surface area contributed by atoms with Crippen molar-refractivity contribution >= 4 is 11.6 Å². The molecule has 6 heteroatoms. The van der Waals surface area contributed by atoms with E-state index in [1.165, 1.54) is 12.1 Å². The molecular weight excluding hydrogens is 243 g/mol. The van der Waals surface area contributed by atoms with Gasteiger partial charge in [0.15, 0.2) is 0 Å². The Morgan fingerprint density at radius 3 is 2.50 bits per heavy atom. The van der Waals surface area contributed by atoms with Gasteiger partial charge in [-0.05, 0) is 17.7 Å². The largest absolute Gasteiger partial charge is 0.403 e. The normalized spacial score (nSPS) is 15.9. The first-order valence-corrected chi connectivity index (χ1v) is 4.94. The number of aliphatic hydroxyl groups is 1.